The Morgan fingerprint density at radius 3 is 2.55 bits per heavy atom. The number of nitrogens with one attached hydrogen (secondary N) is 1. The molecule has 2 aromatic carbocycles. The smallest absolute Gasteiger partial charge is 0.121 e. The van der Waals surface area contributed by atoms with E-state index in [4.69, 9.17) is 4.74 Å². The fraction of sp³-hybridized carbons (Fsp3) is 0.333. The molecule has 0 spiro atoms. The molecule has 1 aliphatic heterocycles. The molecular weight excluding hydrogens is 342 g/mol. The fourth-order valence-electron chi connectivity index (χ4n) is 2.93. The molecule has 2 N–H and O–H groups in total. The first-order valence-electron chi connectivity index (χ1n) is 7.54. The number of benzene rings is 2. The summed E-state index contributed by atoms with van der Waals surface area (Å²) in [7, 11) is 0. The summed E-state index contributed by atoms with van der Waals surface area (Å²) in [6.45, 7) is 2.10. The molecule has 3 nitrogen and oxygen atoms in total. The van der Waals surface area contributed by atoms with Crippen LogP contribution in [0.1, 0.15) is 11.1 Å². The second-order valence-electron chi connectivity index (χ2n) is 5.62. The van der Waals surface area contributed by atoms with E-state index in [2.05, 4.69) is 21.2 Å². The van der Waals surface area contributed by atoms with Crippen molar-refractivity contribution in [2.75, 3.05) is 19.7 Å². The molecule has 0 saturated carbocycles. The zero-order valence-electron chi connectivity index (χ0n) is 12.3. The third-order valence-corrected chi connectivity index (χ3v) is 4.93. The van der Waals surface area contributed by atoms with Gasteiger partial charge in [0.2, 0.25) is 0 Å². The molecule has 3 rings (SSSR count). The number of halogens is 1. The average molecular weight is 362 g/mol. The summed E-state index contributed by atoms with van der Waals surface area (Å²) in [6.07, 6.45) is 0.237. The van der Waals surface area contributed by atoms with Gasteiger partial charge >= 0.3 is 0 Å². The molecule has 116 valence electrons. The number of aliphatic hydroxyl groups is 1. The standard InChI is InChI=1S/C18H20BrNO2/c19-16-9-5-4-6-14(16)12-18(21,15-7-2-1-3-8-15)17-13-20-10-11-22-17/h1-9,17,20-21H,10-13H2/t17-,18+/m1/s1. The van der Waals surface area contributed by atoms with E-state index >= 15 is 0 Å². The lowest BCUT2D eigenvalue weighted by atomic mass is 9.82. The van der Waals surface area contributed by atoms with Gasteiger partial charge < -0.3 is 15.2 Å². The van der Waals surface area contributed by atoms with Gasteiger partial charge in [-0.05, 0) is 17.2 Å². The lowest BCUT2D eigenvalue weighted by Gasteiger charge is -2.39. The number of morpholine rings is 1. The molecule has 0 unspecified atom stereocenters. The van der Waals surface area contributed by atoms with E-state index in [1.165, 1.54) is 0 Å². The minimum Gasteiger partial charge on any atom is -0.382 e. The van der Waals surface area contributed by atoms with Crippen LogP contribution in [-0.4, -0.2) is 30.9 Å². The third kappa shape index (κ3) is 3.25. The van der Waals surface area contributed by atoms with Crippen LogP contribution < -0.4 is 5.32 Å². The van der Waals surface area contributed by atoms with Crippen molar-refractivity contribution >= 4 is 15.9 Å². The SMILES string of the molecule is O[C@@](Cc1ccccc1Br)(c1ccccc1)[C@H]1CNCCO1. The van der Waals surface area contributed by atoms with E-state index in [1.54, 1.807) is 0 Å². The monoisotopic (exact) mass is 361 g/mol. The second kappa shape index (κ2) is 6.92. The Balaban J connectivity index is 1.97. The van der Waals surface area contributed by atoms with Gasteiger partial charge in [-0.15, -0.1) is 0 Å². The molecule has 1 fully saturated rings. The molecule has 4 heteroatoms. The van der Waals surface area contributed by atoms with Gasteiger partial charge in [0.1, 0.15) is 11.7 Å². The molecular formula is C18H20BrNO2. The maximum Gasteiger partial charge on any atom is 0.121 e. The highest BCUT2D eigenvalue weighted by Crippen LogP contribution is 2.33. The first-order chi connectivity index (χ1) is 10.7. The molecule has 1 heterocycles. The van der Waals surface area contributed by atoms with Crippen LogP contribution in [0.15, 0.2) is 59.1 Å². The van der Waals surface area contributed by atoms with Crippen molar-refractivity contribution in [1.82, 2.24) is 5.32 Å². The van der Waals surface area contributed by atoms with Crippen LogP contribution in [0.2, 0.25) is 0 Å². The second-order valence-corrected chi connectivity index (χ2v) is 6.48. The Hall–Kier alpha value is -1.20. The van der Waals surface area contributed by atoms with Gasteiger partial charge in [0.25, 0.3) is 0 Å². The summed E-state index contributed by atoms with van der Waals surface area (Å²) < 4.78 is 6.89. The Bertz CT molecular complexity index is 613. The molecule has 0 amide bonds. The molecule has 22 heavy (non-hydrogen) atoms. The van der Waals surface area contributed by atoms with Gasteiger partial charge in [0.15, 0.2) is 0 Å². The van der Waals surface area contributed by atoms with Gasteiger partial charge in [-0.3, -0.25) is 0 Å². The van der Waals surface area contributed by atoms with Crippen LogP contribution in [-0.2, 0) is 16.8 Å². The lowest BCUT2D eigenvalue weighted by molar-refractivity contribution is -0.124. The van der Waals surface area contributed by atoms with Gasteiger partial charge in [-0.2, -0.15) is 0 Å². The van der Waals surface area contributed by atoms with Crippen molar-refractivity contribution in [2.45, 2.75) is 18.1 Å². The van der Waals surface area contributed by atoms with Crippen LogP contribution in [0.3, 0.4) is 0 Å². The normalized spacial score (nSPS) is 21.3. The number of ether oxygens (including phenoxy) is 1. The highest BCUT2D eigenvalue weighted by molar-refractivity contribution is 9.10. The summed E-state index contributed by atoms with van der Waals surface area (Å²) in [5.41, 5.74) is 0.904. The summed E-state index contributed by atoms with van der Waals surface area (Å²) in [5.74, 6) is 0. The zero-order valence-corrected chi connectivity index (χ0v) is 13.9. The third-order valence-electron chi connectivity index (χ3n) is 4.15. The topological polar surface area (TPSA) is 41.5 Å². The van der Waals surface area contributed by atoms with E-state index in [9.17, 15) is 5.11 Å². The summed E-state index contributed by atoms with van der Waals surface area (Å²) in [5, 5.41) is 14.8. The molecule has 2 atom stereocenters. The van der Waals surface area contributed by atoms with Crippen molar-refractivity contribution in [2.24, 2.45) is 0 Å². The van der Waals surface area contributed by atoms with Gasteiger partial charge in [0, 0.05) is 24.0 Å². The number of hydrogen-bond donors (Lipinski definition) is 2. The maximum absolute atomic E-state index is 11.5. The maximum atomic E-state index is 11.5. The van der Waals surface area contributed by atoms with E-state index in [0.29, 0.717) is 19.6 Å². The zero-order chi connectivity index (χ0) is 15.4. The summed E-state index contributed by atoms with van der Waals surface area (Å²) >= 11 is 3.58. The first-order valence-corrected chi connectivity index (χ1v) is 8.33. The lowest BCUT2D eigenvalue weighted by Crippen LogP contribution is -2.52. The van der Waals surface area contributed by atoms with Gasteiger partial charge in [-0.1, -0.05) is 64.5 Å². The predicted molar refractivity (Wildman–Crippen MR) is 90.8 cm³/mol. The van der Waals surface area contributed by atoms with Gasteiger partial charge in [0.05, 0.1) is 6.61 Å². The van der Waals surface area contributed by atoms with Crippen molar-refractivity contribution in [1.29, 1.82) is 0 Å². The van der Waals surface area contributed by atoms with Crippen molar-refractivity contribution in [3.63, 3.8) is 0 Å². The van der Waals surface area contributed by atoms with E-state index in [1.807, 2.05) is 54.6 Å². The van der Waals surface area contributed by atoms with Crippen LogP contribution in [0.4, 0.5) is 0 Å². The Labute approximate surface area is 139 Å². The molecule has 1 aliphatic rings. The Kier molecular flexibility index (Phi) is 4.93. The quantitative estimate of drug-likeness (QED) is 0.879. The van der Waals surface area contributed by atoms with E-state index in [-0.39, 0.29) is 6.10 Å². The molecule has 0 bridgehead atoms. The van der Waals surface area contributed by atoms with Crippen molar-refractivity contribution < 1.29 is 9.84 Å². The fourth-order valence-corrected chi connectivity index (χ4v) is 3.36. The summed E-state index contributed by atoms with van der Waals surface area (Å²) in [6, 6.07) is 17.8. The molecule has 1 saturated heterocycles. The van der Waals surface area contributed by atoms with Crippen molar-refractivity contribution in [3.05, 3.63) is 70.2 Å². The minimum atomic E-state index is -1.06. The molecule has 0 aliphatic carbocycles. The van der Waals surface area contributed by atoms with Crippen LogP contribution >= 0.6 is 15.9 Å². The summed E-state index contributed by atoms with van der Waals surface area (Å²) in [4.78, 5) is 0. The van der Waals surface area contributed by atoms with Crippen LogP contribution in [0, 0.1) is 0 Å². The first kappa shape index (κ1) is 15.7. The van der Waals surface area contributed by atoms with Crippen LogP contribution in [0.5, 0.6) is 0 Å². The predicted octanol–water partition coefficient (Wildman–Crippen LogP) is 2.87. The highest BCUT2D eigenvalue weighted by atomic mass is 79.9. The Morgan fingerprint density at radius 1 is 1.14 bits per heavy atom. The highest BCUT2D eigenvalue weighted by Gasteiger charge is 2.40. The van der Waals surface area contributed by atoms with E-state index in [0.717, 1.165) is 22.1 Å². The Morgan fingerprint density at radius 2 is 1.86 bits per heavy atom. The largest absolute Gasteiger partial charge is 0.382 e. The van der Waals surface area contributed by atoms with E-state index < -0.39 is 5.60 Å². The molecule has 2 aromatic rings. The van der Waals surface area contributed by atoms with Gasteiger partial charge in [-0.25, -0.2) is 0 Å². The molecule has 0 aromatic heterocycles. The molecule has 0 radical (unpaired) electrons. The van der Waals surface area contributed by atoms with Crippen LogP contribution in [0.25, 0.3) is 0 Å². The van der Waals surface area contributed by atoms with Crippen molar-refractivity contribution in [3.8, 4) is 0 Å². The number of rotatable bonds is 4. The average Bonchev–Trinajstić information content (AvgIpc) is 2.58. The number of hydrogen-bond acceptors (Lipinski definition) is 3. The minimum absolute atomic E-state index is 0.268.